The van der Waals surface area contributed by atoms with Crippen molar-refractivity contribution >= 4 is 11.6 Å². The van der Waals surface area contributed by atoms with Crippen molar-refractivity contribution in [1.29, 1.82) is 0 Å². The van der Waals surface area contributed by atoms with Gasteiger partial charge in [-0.2, -0.15) is 5.10 Å². The lowest BCUT2D eigenvalue weighted by Gasteiger charge is -2.08. The van der Waals surface area contributed by atoms with Crippen LogP contribution < -0.4 is 10.1 Å². The number of benzene rings is 1. The molecule has 1 amide bonds. The van der Waals surface area contributed by atoms with Gasteiger partial charge in [0.25, 0.3) is 5.91 Å². The maximum absolute atomic E-state index is 12.1. The number of anilines is 1. The Morgan fingerprint density at radius 1 is 1.42 bits per heavy atom. The van der Waals surface area contributed by atoms with E-state index in [-0.39, 0.29) is 11.3 Å². The first-order chi connectivity index (χ1) is 9.02. The smallest absolute Gasteiger partial charge is 0.259 e. The predicted octanol–water partition coefficient (Wildman–Crippen LogP) is 1.99. The first-order valence-corrected chi connectivity index (χ1v) is 5.73. The van der Waals surface area contributed by atoms with Gasteiger partial charge < -0.3 is 15.2 Å². The summed E-state index contributed by atoms with van der Waals surface area (Å²) in [6.45, 7) is 3.59. The van der Waals surface area contributed by atoms with Crippen LogP contribution in [0.5, 0.6) is 11.5 Å². The van der Waals surface area contributed by atoms with Crippen molar-refractivity contribution in [3.8, 4) is 11.5 Å². The van der Waals surface area contributed by atoms with Crippen molar-refractivity contribution in [1.82, 2.24) is 10.2 Å². The number of methoxy groups -OCH3 is 1. The lowest BCUT2D eigenvalue weighted by Crippen LogP contribution is -2.13. The summed E-state index contributed by atoms with van der Waals surface area (Å²) < 4.78 is 5.03. The van der Waals surface area contributed by atoms with Gasteiger partial charge >= 0.3 is 0 Å². The number of hydrogen-bond donors (Lipinski definition) is 3. The molecule has 0 aliphatic carbocycles. The van der Waals surface area contributed by atoms with E-state index in [4.69, 9.17) is 4.74 Å². The Morgan fingerprint density at radius 2 is 2.16 bits per heavy atom. The third-order valence-electron chi connectivity index (χ3n) is 2.81. The molecule has 19 heavy (non-hydrogen) atoms. The number of aryl methyl sites for hydroxylation is 2. The van der Waals surface area contributed by atoms with Crippen molar-refractivity contribution in [3.63, 3.8) is 0 Å². The largest absolute Gasteiger partial charge is 0.507 e. The number of hydrogen-bond acceptors (Lipinski definition) is 4. The van der Waals surface area contributed by atoms with Crippen LogP contribution in [0.3, 0.4) is 0 Å². The van der Waals surface area contributed by atoms with E-state index in [9.17, 15) is 9.90 Å². The van der Waals surface area contributed by atoms with E-state index >= 15 is 0 Å². The molecule has 1 heterocycles. The van der Waals surface area contributed by atoms with E-state index in [0.717, 1.165) is 5.69 Å². The highest BCUT2D eigenvalue weighted by Crippen LogP contribution is 2.25. The van der Waals surface area contributed by atoms with Gasteiger partial charge in [-0.15, -0.1) is 0 Å². The fourth-order valence-corrected chi connectivity index (χ4v) is 1.74. The summed E-state index contributed by atoms with van der Waals surface area (Å²) in [6, 6.07) is 4.48. The van der Waals surface area contributed by atoms with Crippen LogP contribution in [0.4, 0.5) is 5.69 Å². The molecule has 0 fully saturated rings. The summed E-state index contributed by atoms with van der Waals surface area (Å²) in [7, 11) is 1.50. The highest BCUT2D eigenvalue weighted by Gasteiger charge is 2.15. The third-order valence-corrected chi connectivity index (χ3v) is 2.81. The lowest BCUT2D eigenvalue weighted by atomic mass is 10.1. The van der Waals surface area contributed by atoms with Gasteiger partial charge in [0.2, 0.25) is 0 Å². The number of aromatic nitrogens is 2. The van der Waals surface area contributed by atoms with Crippen LogP contribution >= 0.6 is 0 Å². The molecule has 1 aromatic carbocycles. The maximum Gasteiger partial charge on any atom is 0.259 e. The Labute approximate surface area is 110 Å². The predicted molar refractivity (Wildman–Crippen MR) is 70.7 cm³/mol. The van der Waals surface area contributed by atoms with Crippen molar-refractivity contribution in [2.24, 2.45) is 0 Å². The van der Waals surface area contributed by atoms with Crippen LogP contribution in [-0.2, 0) is 0 Å². The Kier molecular flexibility index (Phi) is 3.41. The van der Waals surface area contributed by atoms with Crippen molar-refractivity contribution in [2.45, 2.75) is 13.8 Å². The third kappa shape index (κ3) is 2.52. The standard InChI is InChI=1S/C13H15N3O3/c1-7-12(8(2)16-15-7)14-13(18)10-6-9(19-3)4-5-11(10)17/h4-6,17H,1-3H3,(H,14,18)(H,15,16). The Hall–Kier alpha value is -2.50. The van der Waals surface area contributed by atoms with Gasteiger partial charge in [0.15, 0.2) is 0 Å². The normalized spacial score (nSPS) is 10.3. The topological polar surface area (TPSA) is 87.2 Å². The Balaban J connectivity index is 2.30. The molecule has 1 aromatic heterocycles. The molecule has 6 nitrogen and oxygen atoms in total. The van der Waals surface area contributed by atoms with Gasteiger partial charge in [-0.25, -0.2) is 0 Å². The molecule has 0 unspecified atom stereocenters. The fraction of sp³-hybridized carbons (Fsp3) is 0.231. The van der Waals surface area contributed by atoms with Crippen LogP contribution in [0.15, 0.2) is 18.2 Å². The second kappa shape index (κ2) is 5.01. The SMILES string of the molecule is COc1ccc(O)c(C(=O)Nc2c(C)n[nH]c2C)c1. The Morgan fingerprint density at radius 3 is 2.74 bits per heavy atom. The summed E-state index contributed by atoms with van der Waals surface area (Å²) in [5, 5.41) is 19.2. The molecule has 0 aliphatic heterocycles. The first kappa shape index (κ1) is 12.9. The molecule has 0 radical (unpaired) electrons. The number of aromatic hydroxyl groups is 1. The summed E-state index contributed by atoms with van der Waals surface area (Å²) in [4.78, 5) is 12.1. The number of nitrogens with one attached hydrogen (secondary N) is 2. The number of rotatable bonds is 3. The molecular formula is C13H15N3O3. The molecule has 2 aromatic rings. The zero-order valence-corrected chi connectivity index (χ0v) is 10.9. The van der Waals surface area contributed by atoms with Crippen LogP contribution in [0.2, 0.25) is 0 Å². The number of aromatic amines is 1. The van der Waals surface area contributed by atoms with E-state index in [1.54, 1.807) is 19.9 Å². The second-order valence-electron chi connectivity index (χ2n) is 4.15. The van der Waals surface area contributed by atoms with Gasteiger partial charge in [0.1, 0.15) is 11.5 Å². The molecule has 0 bridgehead atoms. The van der Waals surface area contributed by atoms with E-state index in [1.165, 1.54) is 19.2 Å². The summed E-state index contributed by atoms with van der Waals surface area (Å²) in [6.07, 6.45) is 0. The minimum Gasteiger partial charge on any atom is -0.507 e. The first-order valence-electron chi connectivity index (χ1n) is 5.73. The van der Waals surface area contributed by atoms with Crippen LogP contribution in [-0.4, -0.2) is 28.3 Å². The second-order valence-corrected chi connectivity index (χ2v) is 4.15. The number of carbonyl (C=O) groups is 1. The average molecular weight is 261 g/mol. The lowest BCUT2D eigenvalue weighted by molar-refractivity contribution is 0.102. The summed E-state index contributed by atoms with van der Waals surface area (Å²) >= 11 is 0. The molecular weight excluding hydrogens is 246 g/mol. The van der Waals surface area contributed by atoms with Gasteiger partial charge in [-0.1, -0.05) is 0 Å². The number of ether oxygens (including phenoxy) is 1. The van der Waals surface area contributed by atoms with Gasteiger partial charge in [-0.3, -0.25) is 9.89 Å². The van der Waals surface area contributed by atoms with Crippen molar-refractivity contribution in [3.05, 3.63) is 35.2 Å². The van der Waals surface area contributed by atoms with Gasteiger partial charge in [0, 0.05) is 0 Å². The van der Waals surface area contributed by atoms with Crippen LogP contribution in [0.25, 0.3) is 0 Å². The minimum atomic E-state index is -0.413. The highest BCUT2D eigenvalue weighted by molar-refractivity contribution is 6.06. The molecule has 0 saturated carbocycles. The zero-order chi connectivity index (χ0) is 14.0. The maximum atomic E-state index is 12.1. The molecule has 0 atom stereocenters. The molecule has 0 saturated heterocycles. The van der Waals surface area contributed by atoms with E-state index in [1.807, 2.05) is 0 Å². The van der Waals surface area contributed by atoms with Crippen molar-refractivity contribution < 1.29 is 14.6 Å². The summed E-state index contributed by atoms with van der Waals surface area (Å²) in [5.41, 5.74) is 2.22. The number of amides is 1. The van der Waals surface area contributed by atoms with Crippen LogP contribution in [0.1, 0.15) is 21.7 Å². The average Bonchev–Trinajstić information content (AvgIpc) is 2.71. The highest BCUT2D eigenvalue weighted by atomic mass is 16.5. The number of phenolic OH excluding ortho intramolecular Hbond substituents is 1. The molecule has 6 heteroatoms. The number of phenols is 1. The Bertz CT molecular complexity index is 600. The van der Waals surface area contributed by atoms with Crippen LogP contribution in [0, 0.1) is 13.8 Å². The monoisotopic (exact) mass is 261 g/mol. The minimum absolute atomic E-state index is 0.0999. The van der Waals surface area contributed by atoms with Gasteiger partial charge in [0.05, 0.1) is 29.7 Å². The molecule has 3 N–H and O–H groups in total. The van der Waals surface area contributed by atoms with E-state index in [2.05, 4.69) is 15.5 Å². The van der Waals surface area contributed by atoms with Crippen molar-refractivity contribution in [2.75, 3.05) is 12.4 Å². The molecule has 0 spiro atoms. The quantitative estimate of drug-likeness (QED) is 0.788. The molecule has 0 aliphatic rings. The molecule has 100 valence electrons. The number of nitrogens with zero attached hydrogens (tertiary/aromatic N) is 1. The zero-order valence-electron chi connectivity index (χ0n) is 10.9. The van der Waals surface area contributed by atoms with E-state index < -0.39 is 5.91 Å². The van der Waals surface area contributed by atoms with E-state index in [0.29, 0.717) is 17.1 Å². The molecule has 2 rings (SSSR count). The van der Waals surface area contributed by atoms with Gasteiger partial charge in [-0.05, 0) is 32.0 Å². The number of H-pyrrole nitrogens is 1. The number of carbonyl (C=O) groups excluding carboxylic acids is 1. The fourth-order valence-electron chi connectivity index (χ4n) is 1.74. The summed E-state index contributed by atoms with van der Waals surface area (Å²) in [5.74, 6) is -0.00955.